The molecular formula is C94H88O14. The van der Waals surface area contributed by atoms with Gasteiger partial charge in [0.2, 0.25) is 28.4 Å². The van der Waals surface area contributed by atoms with Crippen molar-refractivity contribution < 1.29 is 65.0 Å². The standard InChI is InChI=1S/C47H44O7.C24H24O3.C23H20O4/c1-23-12-24(2)15-34(14-23)49-42-27(5)17-30(8)45-46(42)54-41-33(11)21-36(22-38(41)52-45)48-39-31(9)19-35(20-32(39)10)50-43-28(6)18-29(7)44-47(43)53-40-26(4)13-25(3)16-37(40)51-44;1-13-7-14(2)10-19(9-13)25-22-17(5)12-18(6)23-24(22)27-21-16(4)8-15(3)11-20(21)26-23;1-11-6-13(3)19-16(8-11)26-22-18(24-19)10-15(5)21-23(22)27-20-14(4)7-12(2)9-17(20)25-21/h12-22H,1-11H3;7-12H,1-6H3;6-10H,1-5H3. The highest BCUT2D eigenvalue weighted by molar-refractivity contribution is 6.01. The monoisotopic (exact) mass is 1440 g/mol. The van der Waals surface area contributed by atoms with Crippen LogP contribution >= 0.6 is 0 Å². The van der Waals surface area contributed by atoms with Gasteiger partial charge in [0.25, 0.3) is 0 Å². The normalized spacial score (nSPS) is 12.1. The van der Waals surface area contributed by atoms with E-state index in [2.05, 4.69) is 96.1 Å². The Kier molecular flexibility index (Phi) is 18.3. The summed E-state index contributed by atoms with van der Waals surface area (Å²) in [5.74, 6) is 13.4. The van der Waals surface area contributed by atoms with Crippen LogP contribution in [0, 0.1) is 152 Å². The maximum atomic E-state index is 6.61. The summed E-state index contributed by atoms with van der Waals surface area (Å²) in [5, 5.41) is 0. The minimum atomic E-state index is 0.554. The van der Waals surface area contributed by atoms with Crippen LogP contribution in [0.5, 0.6) is 115 Å². The molecule has 2 aromatic heterocycles. The van der Waals surface area contributed by atoms with Gasteiger partial charge in [-0.2, -0.15) is 0 Å². The van der Waals surface area contributed by atoms with Crippen molar-refractivity contribution >= 4 is 44.7 Å². The van der Waals surface area contributed by atoms with Crippen molar-refractivity contribution in [1.82, 2.24) is 0 Å². The van der Waals surface area contributed by atoms with Gasteiger partial charge in [0.05, 0.1) is 0 Å². The maximum Gasteiger partial charge on any atom is 0.216 e. The lowest BCUT2D eigenvalue weighted by molar-refractivity contribution is 0.334. The molecule has 3 aliphatic rings. The Morgan fingerprint density at radius 3 is 0.870 bits per heavy atom. The molecule has 0 unspecified atom stereocenters. The fraction of sp³-hybridized carbons (Fsp3) is 0.234. The predicted molar refractivity (Wildman–Crippen MR) is 426 cm³/mol. The third-order valence-electron chi connectivity index (χ3n) is 19.6. The van der Waals surface area contributed by atoms with E-state index >= 15 is 0 Å². The van der Waals surface area contributed by atoms with Gasteiger partial charge in [-0.05, 0) is 366 Å². The summed E-state index contributed by atoms with van der Waals surface area (Å²) >= 11 is 0. The minimum Gasteiger partial charge on any atom is -0.457 e. The van der Waals surface area contributed by atoms with Crippen molar-refractivity contribution in [2.24, 2.45) is 0 Å². The van der Waals surface area contributed by atoms with Gasteiger partial charge in [-0.15, -0.1) is 0 Å². The number of hydrogen-bond donors (Lipinski definition) is 0. The number of rotatable bonds is 8. The molecule has 0 atom stereocenters. The van der Waals surface area contributed by atoms with Crippen LogP contribution in [0.3, 0.4) is 0 Å². The van der Waals surface area contributed by atoms with Crippen LogP contribution in [0.25, 0.3) is 44.7 Å². The Hall–Kier alpha value is -12.2. The van der Waals surface area contributed by atoms with Gasteiger partial charge in [-0.25, -0.2) is 0 Å². The van der Waals surface area contributed by atoms with Gasteiger partial charge in [-0.1, -0.05) is 36.4 Å². The highest BCUT2D eigenvalue weighted by Crippen LogP contribution is 2.59. The topological polar surface area (TPSA) is 145 Å². The van der Waals surface area contributed by atoms with Gasteiger partial charge in [0.1, 0.15) is 28.7 Å². The third kappa shape index (κ3) is 13.6. The summed E-state index contributed by atoms with van der Waals surface area (Å²) in [4.78, 5) is 0. The first-order valence-corrected chi connectivity index (χ1v) is 36.4. The molecule has 0 fully saturated rings. The van der Waals surface area contributed by atoms with Crippen LogP contribution in [0.2, 0.25) is 0 Å². The summed E-state index contributed by atoms with van der Waals surface area (Å²) in [6, 6.07) is 44.6. The molecule has 0 aliphatic carbocycles. The molecule has 14 aromatic rings. The molecule has 0 N–H and O–H groups in total. The zero-order valence-corrected chi connectivity index (χ0v) is 65.4. The van der Waals surface area contributed by atoms with Crippen molar-refractivity contribution in [3.05, 3.63) is 256 Å². The molecule has 0 spiro atoms. The summed E-state index contributed by atoms with van der Waals surface area (Å²) in [6.45, 7) is 44.7. The van der Waals surface area contributed by atoms with Crippen molar-refractivity contribution in [3.8, 4) is 115 Å². The largest absolute Gasteiger partial charge is 0.457 e. The average molecular weight is 1440 g/mol. The molecule has 12 aromatic carbocycles. The van der Waals surface area contributed by atoms with E-state index < -0.39 is 0 Å². The zero-order valence-electron chi connectivity index (χ0n) is 65.4. The first-order valence-electron chi connectivity index (χ1n) is 36.4. The molecule has 548 valence electrons. The number of hydrogen-bond acceptors (Lipinski definition) is 14. The van der Waals surface area contributed by atoms with E-state index in [0.717, 1.165) is 174 Å². The van der Waals surface area contributed by atoms with Crippen molar-refractivity contribution in [1.29, 1.82) is 0 Å². The number of ether oxygens (including phenoxy) is 10. The molecule has 0 saturated heterocycles. The van der Waals surface area contributed by atoms with Crippen molar-refractivity contribution in [3.63, 3.8) is 0 Å². The number of benzene rings is 12. The molecule has 108 heavy (non-hydrogen) atoms. The lowest BCUT2D eigenvalue weighted by Gasteiger charge is -2.27. The van der Waals surface area contributed by atoms with Crippen LogP contribution in [0.4, 0.5) is 0 Å². The van der Waals surface area contributed by atoms with Crippen molar-refractivity contribution in [2.45, 2.75) is 152 Å². The second-order valence-corrected chi connectivity index (χ2v) is 29.8. The lowest BCUT2D eigenvalue weighted by Crippen LogP contribution is -2.06. The van der Waals surface area contributed by atoms with E-state index in [1.807, 2.05) is 190 Å². The Morgan fingerprint density at radius 1 is 0.167 bits per heavy atom. The fourth-order valence-electron chi connectivity index (χ4n) is 15.0. The van der Waals surface area contributed by atoms with Crippen LogP contribution in [0.15, 0.2) is 151 Å². The first kappa shape index (κ1) is 71.5. The Balaban J connectivity index is 0.000000144. The summed E-state index contributed by atoms with van der Waals surface area (Å²) in [5.41, 5.74) is 28.0. The van der Waals surface area contributed by atoms with Crippen LogP contribution < -0.4 is 47.4 Å². The third-order valence-corrected chi connectivity index (χ3v) is 19.6. The van der Waals surface area contributed by atoms with E-state index in [1.54, 1.807) is 0 Å². The molecular weight excluding hydrogens is 1350 g/mol. The smallest absolute Gasteiger partial charge is 0.216 e. The first-order chi connectivity index (χ1) is 51.4. The average Bonchev–Trinajstić information content (AvgIpc) is 0.756. The fourth-order valence-corrected chi connectivity index (χ4v) is 15.0. The molecule has 0 bridgehead atoms. The molecule has 14 heteroatoms. The van der Waals surface area contributed by atoms with E-state index in [4.69, 9.17) is 65.0 Å². The molecule has 14 nitrogen and oxygen atoms in total. The van der Waals surface area contributed by atoms with Gasteiger partial charge in [0.15, 0.2) is 102 Å². The van der Waals surface area contributed by atoms with Gasteiger partial charge in [0, 0.05) is 6.07 Å². The highest BCUT2D eigenvalue weighted by Gasteiger charge is 2.33. The van der Waals surface area contributed by atoms with Crippen LogP contribution in [-0.4, -0.2) is 0 Å². The van der Waals surface area contributed by atoms with Crippen LogP contribution in [0.1, 0.15) is 122 Å². The second-order valence-electron chi connectivity index (χ2n) is 29.8. The molecule has 3 aliphatic heterocycles. The van der Waals surface area contributed by atoms with Gasteiger partial charge < -0.3 is 65.0 Å². The van der Waals surface area contributed by atoms with Gasteiger partial charge >= 0.3 is 0 Å². The van der Waals surface area contributed by atoms with E-state index in [-0.39, 0.29) is 0 Å². The molecule has 0 saturated carbocycles. The molecule has 0 amide bonds. The van der Waals surface area contributed by atoms with E-state index in [0.29, 0.717) is 108 Å². The lowest BCUT2D eigenvalue weighted by atomic mass is 10.1. The summed E-state index contributed by atoms with van der Waals surface area (Å²) in [6.07, 6.45) is 0. The second kappa shape index (κ2) is 27.6. The Morgan fingerprint density at radius 2 is 0.444 bits per heavy atom. The molecule has 5 heterocycles. The van der Waals surface area contributed by atoms with E-state index in [1.165, 1.54) is 0 Å². The Labute approximate surface area is 629 Å². The molecule has 0 radical (unpaired) electrons. The predicted octanol–water partition coefficient (Wildman–Crippen LogP) is 28.8. The zero-order chi connectivity index (χ0) is 76.3. The summed E-state index contributed by atoms with van der Waals surface area (Å²) in [7, 11) is 0. The van der Waals surface area contributed by atoms with Crippen LogP contribution in [-0.2, 0) is 0 Å². The number of aryl methyl sites for hydroxylation is 22. The van der Waals surface area contributed by atoms with Gasteiger partial charge in [-0.3, -0.25) is 0 Å². The number of fused-ring (bicyclic) bond motifs is 11. The summed E-state index contributed by atoms with van der Waals surface area (Å²) < 4.78 is 89.6. The minimum absolute atomic E-state index is 0.554. The SMILES string of the molecule is Cc1cc(C)c2oc3cc(C)c4oc5cc(C)cc(C)c5oc4c3oc2c1.Cc1cc(C)cc(Oc2c(C)cc(C)c3c2Oc2c(C)cc(C)cc2O3)c1.Cc1cc(C)cc(Oc2c(C)cc(C)c3c2Oc2c(C)cc(Oc4c(C)cc(Oc5c(C)cc(C)c6c5Oc5c(C)cc(C)cc5O6)cc4C)cc2O3)c1. The molecule has 17 rings (SSSR count). The van der Waals surface area contributed by atoms with Crippen molar-refractivity contribution in [2.75, 3.05) is 0 Å². The highest BCUT2D eigenvalue weighted by atomic mass is 16.6. The maximum absolute atomic E-state index is 6.61. The quantitative estimate of drug-likeness (QED) is 0.105. The Bertz CT molecular complexity index is 6100. The van der Waals surface area contributed by atoms with E-state index in [9.17, 15) is 0 Å².